The molecule has 0 saturated heterocycles. The van der Waals surface area contributed by atoms with Gasteiger partial charge in [0, 0.05) is 45.7 Å². The van der Waals surface area contributed by atoms with Crippen LogP contribution in [0.2, 0.25) is 0 Å². The predicted octanol–water partition coefficient (Wildman–Crippen LogP) is 4.26. The zero-order valence-electron chi connectivity index (χ0n) is 18.3. The molecular formula is C26H25N7. The van der Waals surface area contributed by atoms with Crippen molar-refractivity contribution in [3.63, 3.8) is 0 Å². The Balaban J connectivity index is 1.53. The van der Waals surface area contributed by atoms with Crippen LogP contribution in [0.15, 0.2) is 48.9 Å². The molecule has 7 nitrogen and oxygen atoms in total. The number of aromatic amines is 1. The maximum Gasteiger partial charge on any atom is 0.161 e. The van der Waals surface area contributed by atoms with Crippen LogP contribution in [0.25, 0.3) is 44.2 Å². The number of nitrogens with two attached hydrogens (primary N) is 2. The SMILES string of the molecule is N[C@H]1C[C@@](N)(c2nc(-c3ccnc4[nH]c5ccccc5c34)nc3cncc(C4CCC4)c32)C1. The summed E-state index contributed by atoms with van der Waals surface area (Å²) in [6.07, 6.45) is 10.7. The van der Waals surface area contributed by atoms with E-state index >= 15 is 0 Å². The second kappa shape index (κ2) is 6.79. The number of benzene rings is 1. The van der Waals surface area contributed by atoms with Crippen molar-refractivity contribution in [2.45, 2.75) is 49.6 Å². The highest BCUT2D eigenvalue weighted by Gasteiger charge is 2.44. The monoisotopic (exact) mass is 435 g/mol. The molecule has 5 aromatic rings. The first-order chi connectivity index (χ1) is 16.1. The van der Waals surface area contributed by atoms with Crippen LogP contribution in [0.3, 0.4) is 0 Å². The van der Waals surface area contributed by atoms with E-state index in [-0.39, 0.29) is 6.04 Å². The Bertz CT molecular complexity index is 1540. The Kier molecular flexibility index (Phi) is 3.93. The predicted molar refractivity (Wildman–Crippen MR) is 130 cm³/mol. The zero-order valence-corrected chi connectivity index (χ0v) is 18.3. The molecule has 5 N–H and O–H groups in total. The van der Waals surface area contributed by atoms with Gasteiger partial charge in [0.1, 0.15) is 5.65 Å². The van der Waals surface area contributed by atoms with Crippen LogP contribution in [0.5, 0.6) is 0 Å². The maximum atomic E-state index is 6.93. The molecule has 0 bridgehead atoms. The number of nitrogens with one attached hydrogen (secondary N) is 1. The highest BCUT2D eigenvalue weighted by atomic mass is 15.0. The van der Waals surface area contributed by atoms with Crippen LogP contribution in [-0.2, 0) is 5.54 Å². The summed E-state index contributed by atoms with van der Waals surface area (Å²) < 4.78 is 0. The Labute approximate surface area is 190 Å². The van der Waals surface area contributed by atoms with Gasteiger partial charge < -0.3 is 16.5 Å². The molecule has 4 aromatic heterocycles. The minimum absolute atomic E-state index is 0.110. The van der Waals surface area contributed by atoms with E-state index in [1.54, 1.807) is 6.20 Å². The van der Waals surface area contributed by atoms with Gasteiger partial charge in [-0.2, -0.15) is 0 Å². The van der Waals surface area contributed by atoms with Crippen molar-refractivity contribution in [3.05, 3.63) is 60.2 Å². The molecular weight excluding hydrogens is 410 g/mol. The fourth-order valence-electron chi connectivity index (χ4n) is 5.64. The third-order valence-corrected chi connectivity index (χ3v) is 7.55. The number of para-hydroxylation sites is 1. The summed E-state index contributed by atoms with van der Waals surface area (Å²) >= 11 is 0. The smallest absolute Gasteiger partial charge is 0.161 e. The summed E-state index contributed by atoms with van der Waals surface area (Å²) in [6, 6.07) is 10.3. The zero-order chi connectivity index (χ0) is 22.2. The number of hydrogen-bond acceptors (Lipinski definition) is 6. The lowest BCUT2D eigenvalue weighted by Crippen LogP contribution is -2.55. The van der Waals surface area contributed by atoms with E-state index in [2.05, 4.69) is 27.1 Å². The first kappa shape index (κ1) is 19.1. The molecule has 0 amide bonds. The van der Waals surface area contributed by atoms with Gasteiger partial charge in [-0.1, -0.05) is 24.6 Å². The molecule has 2 fully saturated rings. The van der Waals surface area contributed by atoms with E-state index in [1.165, 1.54) is 24.8 Å². The average molecular weight is 436 g/mol. The average Bonchev–Trinajstić information content (AvgIpc) is 3.15. The van der Waals surface area contributed by atoms with Crippen molar-refractivity contribution in [2.24, 2.45) is 11.5 Å². The van der Waals surface area contributed by atoms with E-state index in [0.717, 1.165) is 56.9 Å². The van der Waals surface area contributed by atoms with Gasteiger partial charge in [0.15, 0.2) is 5.82 Å². The number of H-pyrrole nitrogens is 1. The Morgan fingerprint density at radius 1 is 1.00 bits per heavy atom. The summed E-state index contributed by atoms with van der Waals surface area (Å²) in [5, 5.41) is 3.21. The summed E-state index contributed by atoms with van der Waals surface area (Å²) in [4.78, 5) is 22.8. The van der Waals surface area contributed by atoms with Crippen molar-refractivity contribution in [2.75, 3.05) is 0 Å². The van der Waals surface area contributed by atoms with E-state index < -0.39 is 5.54 Å². The molecule has 33 heavy (non-hydrogen) atoms. The summed E-state index contributed by atoms with van der Waals surface area (Å²) in [5.74, 6) is 1.17. The minimum atomic E-state index is -0.540. The van der Waals surface area contributed by atoms with E-state index in [4.69, 9.17) is 21.4 Å². The van der Waals surface area contributed by atoms with E-state index in [9.17, 15) is 0 Å². The first-order valence-electron chi connectivity index (χ1n) is 11.7. The number of fused-ring (bicyclic) bond motifs is 4. The molecule has 164 valence electrons. The molecule has 0 atom stereocenters. The van der Waals surface area contributed by atoms with Crippen LogP contribution in [0.1, 0.15) is 49.3 Å². The summed E-state index contributed by atoms with van der Waals surface area (Å²) in [7, 11) is 0. The lowest BCUT2D eigenvalue weighted by molar-refractivity contribution is 0.207. The number of hydrogen-bond donors (Lipinski definition) is 3. The van der Waals surface area contributed by atoms with Gasteiger partial charge in [-0.25, -0.2) is 15.0 Å². The molecule has 2 aliphatic carbocycles. The van der Waals surface area contributed by atoms with Gasteiger partial charge in [-0.3, -0.25) is 4.98 Å². The Hall–Kier alpha value is -3.42. The van der Waals surface area contributed by atoms with Gasteiger partial charge in [0.05, 0.1) is 22.9 Å². The maximum absolute atomic E-state index is 6.93. The van der Waals surface area contributed by atoms with Crippen molar-refractivity contribution in [3.8, 4) is 11.4 Å². The third kappa shape index (κ3) is 2.76. The Morgan fingerprint density at radius 3 is 2.64 bits per heavy atom. The second-order valence-corrected chi connectivity index (χ2v) is 9.72. The molecule has 0 unspecified atom stereocenters. The van der Waals surface area contributed by atoms with Crippen LogP contribution in [0.4, 0.5) is 0 Å². The summed E-state index contributed by atoms with van der Waals surface area (Å²) in [5.41, 5.74) is 18.4. The lowest BCUT2D eigenvalue weighted by atomic mass is 9.69. The van der Waals surface area contributed by atoms with Crippen molar-refractivity contribution < 1.29 is 0 Å². The lowest BCUT2D eigenvalue weighted by Gasteiger charge is -2.43. The Morgan fingerprint density at radius 2 is 1.85 bits per heavy atom. The highest BCUT2D eigenvalue weighted by Crippen LogP contribution is 2.46. The molecule has 7 rings (SSSR count). The fraction of sp³-hybridized carbons (Fsp3) is 0.308. The van der Waals surface area contributed by atoms with E-state index in [1.807, 2.05) is 30.6 Å². The molecule has 2 aliphatic rings. The first-order valence-corrected chi connectivity index (χ1v) is 11.7. The van der Waals surface area contributed by atoms with Gasteiger partial charge in [-0.15, -0.1) is 0 Å². The number of pyridine rings is 2. The highest BCUT2D eigenvalue weighted by molar-refractivity contribution is 6.12. The normalized spacial score (nSPS) is 23.2. The number of aromatic nitrogens is 5. The van der Waals surface area contributed by atoms with Crippen molar-refractivity contribution >= 4 is 32.8 Å². The molecule has 0 spiro atoms. The van der Waals surface area contributed by atoms with Crippen LogP contribution >= 0.6 is 0 Å². The van der Waals surface area contributed by atoms with Crippen LogP contribution in [-0.4, -0.2) is 31.0 Å². The van der Waals surface area contributed by atoms with Gasteiger partial charge in [-0.05, 0) is 49.3 Å². The molecule has 1 aromatic carbocycles. The van der Waals surface area contributed by atoms with Crippen LogP contribution < -0.4 is 11.5 Å². The standard InChI is InChI=1S/C26H25N7/c27-15-10-26(28,11-15)23-22-18(14-4-3-5-14)12-29-13-20(22)32-24(33-23)17-8-9-30-25-21(17)16-6-1-2-7-19(16)31-25/h1-2,6-9,12-15H,3-5,10-11,27-28H2,(H,30,31)/t15-,26-. The fourth-order valence-corrected chi connectivity index (χ4v) is 5.64. The topological polar surface area (TPSA) is 119 Å². The number of rotatable bonds is 3. The third-order valence-electron chi connectivity index (χ3n) is 7.55. The van der Waals surface area contributed by atoms with Crippen molar-refractivity contribution in [1.82, 2.24) is 24.9 Å². The van der Waals surface area contributed by atoms with Crippen LogP contribution in [0, 0.1) is 0 Å². The molecule has 4 heterocycles. The van der Waals surface area contributed by atoms with Crippen molar-refractivity contribution in [1.29, 1.82) is 0 Å². The molecule has 7 heteroatoms. The second-order valence-electron chi connectivity index (χ2n) is 9.72. The van der Waals surface area contributed by atoms with Gasteiger partial charge in [0.2, 0.25) is 0 Å². The molecule has 0 radical (unpaired) electrons. The quantitative estimate of drug-likeness (QED) is 0.389. The molecule has 2 saturated carbocycles. The van der Waals surface area contributed by atoms with Gasteiger partial charge in [0.25, 0.3) is 0 Å². The number of nitrogens with zero attached hydrogens (tertiary/aromatic N) is 4. The summed E-state index contributed by atoms with van der Waals surface area (Å²) in [6.45, 7) is 0. The van der Waals surface area contributed by atoms with E-state index in [0.29, 0.717) is 11.7 Å². The molecule has 0 aliphatic heterocycles. The largest absolute Gasteiger partial charge is 0.339 e. The minimum Gasteiger partial charge on any atom is -0.339 e. The van der Waals surface area contributed by atoms with Gasteiger partial charge >= 0.3 is 0 Å².